The summed E-state index contributed by atoms with van der Waals surface area (Å²) < 4.78 is 0. The van der Waals surface area contributed by atoms with Crippen molar-refractivity contribution in [1.29, 1.82) is 5.26 Å². The van der Waals surface area contributed by atoms with Crippen LogP contribution in [-0.4, -0.2) is 5.91 Å². The summed E-state index contributed by atoms with van der Waals surface area (Å²) in [6.07, 6.45) is 0.493. The molecule has 0 aliphatic rings. The van der Waals surface area contributed by atoms with Crippen molar-refractivity contribution in [3.63, 3.8) is 0 Å². The number of benzene rings is 1. The van der Waals surface area contributed by atoms with E-state index in [9.17, 15) is 4.79 Å². The number of nitriles is 1. The highest BCUT2D eigenvalue weighted by molar-refractivity contribution is 5.97. The van der Waals surface area contributed by atoms with Crippen molar-refractivity contribution in [2.45, 2.75) is 46.5 Å². The van der Waals surface area contributed by atoms with Crippen LogP contribution in [0.3, 0.4) is 0 Å². The van der Waals surface area contributed by atoms with Gasteiger partial charge in [-0.05, 0) is 30.4 Å². The van der Waals surface area contributed by atoms with Crippen LogP contribution in [0.1, 0.15) is 46.6 Å². The number of anilines is 1. The SMILES string of the molecule is CCC(C)(C#N)C(=O)Nc1ccccc1C(C)(C)C. The number of amides is 1. The first-order valence-corrected chi connectivity index (χ1v) is 6.57. The average Bonchev–Trinajstić information content (AvgIpc) is 2.37. The third kappa shape index (κ3) is 3.35. The van der Waals surface area contributed by atoms with Gasteiger partial charge in [-0.2, -0.15) is 5.26 Å². The maximum absolute atomic E-state index is 12.2. The van der Waals surface area contributed by atoms with E-state index in [4.69, 9.17) is 5.26 Å². The highest BCUT2D eigenvalue weighted by atomic mass is 16.2. The molecule has 102 valence electrons. The fourth-order valence-corrected chi connectivity index (χ4v) is 1.80. The molecule has 1 aromatic rings. The molecule has 0 fully saturated rings. The van der Waals surface area contributed by atoms with Crippen LogP contribution in [0.25, 0.3) is 0 Å². The van der Waals surface area contributed by atoms with Crippen molar-refractivity contribution in [3.8, 4) is 6.07 Å². The van der Waals surface area contributed by atoms with Gasteiger partial charge in [0, 0.05) is 5.69 Å². The molecule has 1 unspecified atom stereocenters. The Hall–Kier alpha value is -1.82. The summed E-state index contributed by atoms with van der Waals surface area (Å²) in [5.74, 6) is -0.241. The molecule has 1 amide bonds. The van der Waals surface area contributed by atoms with Crippen LogP contribution >= 0.6 is 0 Å². The minimum Gasteiger partial charge on any atom is -0.324 e. The van der Waals surface area contributed by atoms with Crippen molar-refractivity contribution in [2.24, 2.45) is 5.41 Å². The van der Waals surface area contributed by atoms with Crippen molar-refractivity contribution >= 4 is 11.6 Å². The fourth-order valence-electron chi connectivity index (χ4n) is 1.80. The molecule has 0 aromatic heterocycles. The van der Waals surface area contributed by atoms with Gasteiger partial charge >= 0.3 is 0 Å². The molecule has 19 heavy (non-hydrogen) atoms. The van der Waals surface area contributed by atoms with Gasteiger partial charge in [0.2, 0.25) is 5.91 Å². The Morgan fingerprint density at radius 1 is 1.26 bits per heavy atom. The summed E-state index contributed by atoms with van der Waals surface area (Å²) in [6, 6.07) is 9.83. The molecule has 1 aromatic carbocycles. The predicted molar refractivity (Wildman–Crippen MR) is 77.8 cm³/mol. The Labute approximate surface area is 115 Å². The Balaban J connectivity index is 3.09. The number of carbonyl (C=O) groups excluding carboxylic acids is 1. The first kappa shape index (κ1) is 15.2. The van der Waals surface area contributed by atoms with Crippen LogP contribution in [-0.2, 0) is 10.2 Å². The van der Waals surface area contributed by atoms with Crippen molar-refractivity contribution in [1.82, 2.24) is 0 Å². The van der Waals surface area contributed by atoms with Gasteiger partial charge in [0.1, 0.15) is 5.41 Å². The molecular formula is C16H22N2O. The average molecular weight is 258 g/mol. The van der Waals surface area contributed by atoms with Crippen LogP contribution in [0.5, 0.6) is 0 Å². The molecule has 0 saturated carbocycles. The van der Waals surface area contributed by atoms with E-state index in [1.807, 2.05) is 31.2 Å². The summed E-state index contributed by atoms with van der Waals surface area (Å²) in [4.78, 5) is 12.2. The van der Waals surface area contributed by atoms with E-state index in [1.54, 1.807) is 6.92 Å². The summed E-state index contributed by atoms with van der Waals surface area (Å²) >= 11 is 0. The molecule has 1 rings (SSSR count). The van der Waals surface area contributed by atoms with Crippen LogP contribution in [0.2, 0.25) is 0 Å². The Bertz CT molecular complexity index is 508. The normalized spacial score (nSPS) is 14.3. The van der Waals surface area contributed by atoms with Crippen LogP contribution in [0.4, 0.5) is 5.69 Å². The second-order valence-electron chi connectivity index (χ2n) is 6.05. The van der Waals surface area contributed by atoms with E-state index >= 15 is 0 Å². The highest BCUT2D eigenvalue weighted by Gasteiger charge is 2.32. The Morgan fingerprint density at radius 3 is 2.32 bits per heavy atom. The lowest BCUT2D eigenvalue weighted by atomic mass is 9.84. The summed E-state index contributed by atoms with van der Waals surface area (Å²) in [7, 11) is 0. The maximum atomic E-state index is 12.2. The largest absolute Gasteiger partial charge is 0.324 e. The van der Waals surface area contributed by atoms with E-state index in [1.165, 1.54) is 0 Å². The van der Waals surface area contributed by atoms with Gasteiger partial charge in [-0.1, -0.05) is 45.9 Å². The topological polar surface area (TPSA) is 52.9 Å². The summed E-state index contributed by atoms with van der Waals surface area (Å²) in [6.45, 7) is 9.81. The number of hydrogen-bond acceptors (Lipinski definition) is 2. The molecule has 0 heterocycles. The zero-order valence-corrected chi connectivity index (χ0v) is 12.4. The van der Waals surface area contributed by atoms with Gasteiger partial charge in [-0.15, -0.1) is 0 Å². The number of para-hydroxylation sites is 1. The second kappa shape index (κ2) is 5.44. The van der Waals surface area contributed by atoms with E-state index in [0.717, 1.165) is 11.3 Å². The standard InChI is InChI=1S/C16H22N2O/c1-6-16(5,11-17)14(19)18-13-10-8-7-9-12(13)15(2,3)4/h7-10H,6H2,1-5H3,(H,18,19). The van der Waals surface area contributed by atoms with Crippen LogP contribution < -0.4 is 5.32 Å². The van der Waals surface area contributed by atoms with Gasteiger partial charge in [0.25, 0.3) is 0 Å². The zero-order valence-electron chi connectivity index (χ0n) is 12.4. The third-order valence-corrected chi connectivity index (χ3v) is 3.44. The first-order valence-electron chi connectivity index (χ1n) is 6.57. The summed E-state index contributed by atoms with van der Waals surface area (Å²) in [5.41, 5.74) is 0.819. The predicted octanol–water partition coefficient (Wildman–Crippen LogP) is 3.86. The molecule has 0 aliphatic carbocycles. The molecule has 3 heteroatoms. The molecule has 0 aliphatic heterocycles. The smallest absolute Gasteiger partial charge is 0.244 e. The number of nitrogens with zero attached hydrogens (tertiary/aromatic N) is 1. The number of hydrogen-bond donors (Lipinski definition) is 1. The van der Waals surface area contributed by atoms with Crippen molar-refractivity contribution < 1.29 is 4.79 Å². The van der Waals surface area contributed by atoms with E-state index in [0.29, 0.717) is 6.42 Å². The summed E-state index contributed by atoms with van der Waals surface area (Å²) in [5, 5.41) is 12.1. The Kier molecular flexibility index (Phi) is 4.36. The monoisotopic (exact) mass is 258 g/mol. The minimum absolute atomic E-state index is 0.0564. The van der Waals surface area contributed by atoms with E-state index < -0.39 is 5.41 Å². The number of nitrogens with one attached hydrogen (secondary N) is 1. The number of carbonyl (C=O) groups is 1. The zero-order chi connectivity index (χ0) is 14.7. The first-order chi connectivity index (χ1) is 8.74. The lowest BCUT2D eigenvalue weighted by Gasteiger charge is -2.25. The molecular weight excluding hydrogens is 236 g/mol. The maximum Gasteiger partial charge on any atom is 0.244 e. The van der Waals surface area contributed by atoms with Gasteiger partial charge in [0.15, 0.2) is 0 Å². The van der Waals surface area contributed by atoms with Crippen molar-refractivity contribution in [3.05, 3.63) is 29.8 Å². The highest BCUT2D eigenvalue weighted by Crippen LogP contribution is 2.31. The van der Waals surface area contributed by atoms with Gasteiger partial charge in [0.05, 0.1) is 6.07 Å². The lowest BCUT2D eigenvalue weighted by molar-refractivity contribution is -0.122. The molecule has 3 nitrogen and oxygen atoms in total. The van der Waals surface area contributed by atoms with E-state index in [2.05, 4.69) is 32.2 Å². The number of rotatable bonds is 3. The van der Waals surface area contributed by atoms with Crippen LogP contribution in [0, 0.1) is 16.7 Å². The van der Waals surface area contributed by atoms with Gasteiger partial charge < -0.3 is 5.32 Å². The molecule has 0 radical (unpaired) electrons. The third-order valence-electron chi connectivity index (χ3n) is 3.44. The molecule has 1 atom stereocenters. The van der Waals surface area contributed by atoms with Crippen molar-refractivity contribution in [2.75, 3.05) is 5.32 Å². The van der Waals surface area contributed by atoms with Gasteiger partial charge in [-0.3, -0.25) is 4.79 Å². The van der Waals surface area contributed by atoms with Crippen LogP contribution in [0.15, 0.2) is 24.3 Å². The van der Waals surface area contributed by atoms with Gasteiger partial charge in [-0.25, -0.2) is 0 Å². The minimum atomic E-state index is -0.981. The second-order valence-corrected chi connectivity index (χ2v) is 6.05. The fraction of sp³-hybridized carbons (Fsp3) is 0.500. The molecule has 0 spiro atoms. The molecule has 0 saturated heterocycles. The molecule has 0 bridgehead atoms. The quantitative estimate of drug-likeness (QED) is 0.895. The molecule has 1 N–H and O–H groups in total. The van der Waals surface area contributed by atoms with E-state index in [-0.39, 0.29) is 11.3 Å². The lowest BCUT2D eigenvalue weighted by Crippen LogP contribution is -2.32. The Morgan fingerprint density at radius 2 is 1.84 bits per heavy atom.